The zero-order chi connectivity index (χ0) is 18.1. The molecule has 0 aliphatic carbocycles. The molecule has 1 unspecified atom stereocenters. The van der Waals surface area contributed by atoms with Crippen molar-refractivity contribution in [3.63, 3.8) is 0 Å². The largest absolute Gasteiger partial charge is 0.418 e. The number of hydrogen-bond donors (Lipinski definition) is 0. The molecule has 146 valence electrons. The molecule has 0 spiro atoms. The lowest BCUT2D eigenvalue weighted by atomic mass is 9.99. The van der Waals surface area contributed by atoms with Gasteiger partial charge in [0.15, 0.2) is 8.32 Å². The van der Waals surface area contributed by atoms with E-state index < -0.39 is 8.32 Å². The van der Waals surface area contributed by atoms with Gasteiger partial charge in [-0.1, -0.05) is 104 Å². The van der Waals surface area contributed by atoms with Crippen LogP contribution in [0.25, 0.3) is 0 Å². The van der Waals surface area contributed by atoms with Gasteiger partial charge in [0.25, 0.3) is 0 Å². The summed E-state index contributed by atoms with van der Waals surface area (Å²) in [5.41, 5.74) is 0. The first-order chi connectivity index (χ1) is 11.5. The summed E-state index contributed by atoms with van der Waals surface area (Å²) in [5, 5.41) is 0. The van der Waals surface area contributed by atoms with Crippen LogP contribution in [0.15, 0.2) is 0 Å². The van der Waals surface area contributed by atoms with Gasteiger partial charge in [-0.2, -0.15) is 0 Å². The first kappa shape index (κ1) is 24.2. The summed E-state index contributed by atoms with van der Waals surface area (Å²) < 4.78 is 5.89. The molecule has 1 atom stereocenters. The van der Waals surface area contributed by atoms with Gasteiger partial charge in [0.05, 0.1) is 0 Å². The molecule has 0 radical (unpaired) electrons. The van der Waals surface area contributed by atoms with Crippen molar-refractivity contribution in [3.8, 4) is 0 Å². The van der Waals surface area contributed by atoms with Gasteiger partial charge < -0.3 is 4.43 Å². The van der Waals surface area contributed by atoms with Crippen LogP contribution in [0.3, 0.4) is 0 Å². The molecule has 0 aromatic carbocycles. The fourth-order valence-electron chi connectivity index (χ4n) is 3.12. The Balaban J connectivity index is 3.05. The zero-order valence-corrected chi connectivity index (χ0v) is 18.8. The molecule has 0 heterocycles. The Labute approximate surface area is 155 Å². The normalized spacial score (nSPS) is 13.4. The second-order valence-electron chi connectivity index (χ2n) is 8.86. The molecule has 2 heteroatoms. The molecule has 0 saturated heterocycles. The minimum atomic E-state index is -1.27. The van der Waals surface area contributed by atoms with Gasteiger partial charge in [-0.15, -0.1) is 0 Å². The second-order valence-corrected chi connectivity index (χ2v) is 13.4. The average Bonchev–Trinajstić information content (AvgIpc) is 2.53. The highest BCUT2D eigenvalue weighted by molar-refractivity contribution is 6.69. The molecule has 0 amide bonds. The van der Waals surface area contributed by atoms with Crippen LogP contribution in [-0.4, -0.2) is 14.9 Å². The van der Waals surface area contributed by atoms with Crippen molar-refractivity contribution < 1.29 is 4.43 Å². The Kier molecular flexibility index (Phi) is 16.8. The summed E-state index contributed by atoms with van der Waals surface area (Å²) in [5.74, 6) is 0.942. The monoisotopic (exact) mass is 356 g/mol. The first-order valence-corrected chi connectivity index (χ1v) is 14.5. The van der Waals surface area contributed by atoms with E-state index >= 15 is 0 Å². The van der Waals surface area contributed by atoms with Gasteiger partial charge in [0.2, 0.25) is 0 Å². The van der Waals surface area contributed by atoms with Gasteiger partial charge >= 0.3 is 0 Å². The van der Waals surface area contributed by atoms with Crippen molar-refractivity contribution in [1.29, 1.82) is 0 Å². The molecule has 1 nitrogen and oxygen atoms in total. The van der Waals surface area contributed by atoms with E-state index in [1.807, 2.05) is 0 Å². The summed E-state index contributed by atoms with van der Waals surface area (Å²) in [6, 6.07) is 0. The lowest BCUT2D eigenvalue weighted by Gasteiger charge is -2.16. The van der Waals surface area contributed by atoms with Crippen molar-refractivity contribution in [2.45, 2.75) is 130 Å². The fourth-order valence-corrected chi connectivity index (χ4v) is 3.88. The quantitative estimate of drug-likeness (QED) is 0.177. The third-order valence-corrected chi connectivity index (χ3v) is 6.14. The second kappa shape index (κ2) is 16.6. The Bertz CT molecular complexity index is 247. The van der Waals surface area contributed by atoms with Gasteiger partial charge in [0, 0.05) is 6.61 Å². The molecule has 0 aliphatic rings. The van der Waals surface area contributed by atoms with Gasteiger partial charge in [0.1, 0.15) is 0 Å². The average molecular weight is 357 g/mol. The van der Waals surface area contributed by atoms with E-state index in [4.69, 9.17) is 4.43 Å². The molecule has 0 aromatic rings. The number of rotatable bonds is 18. The highest BCUT2D eigenvalue weighted by atomic mass is 28.4. The summed E-state index contributed by atoms with van der Waals surface area (Å²) in [6.45, 7) is 12.5. The van der Waals surface area contributed by atoms with Crippen molar-refractivity contribution in [1.82, 2.24) is 0 Å². The summed E-state index contributed by atoms with van der Waals surface area (Å²) in [7, 11) is -1.27. The summed E-state index contributed by atoms with van der Waals surface area (Å²) in [4.78, 5) is 0. The molecule has 0 fully saturated rings. The molecule has 24 heavy (non-hydrogen) atoms. The first-order valence-electron chi connectivity index (χ1n) is 11.1. The zero-order valence-electron chi connectivity index (χ0n) is 17.8. The third kappa shape index (κ3) is 20.2. The van der Waals surface area contributed by atoms with E-state index in [0.717, 1.165) is 12.5 Å². The Morgan fingerprint density at radius 1 is 0.625 bits per heavy atom. The van der Waals surface area contributed by atoms with Crippen LogP contribution >= 0.6 is 0 Å². The van der Waals surface area contributed by atoms with Gasteiger partial charge in [-0.05, 0) is 32.0 Å². The lowest BCUT2D eigenvalue weighted by Crippen LogP contribution is -2.25. The Morgan fingerprint density at radius 2 is 1.00 bits per heavy atom. The van der Waals surface area contributed by atoms with Crippen molar-refractivity contribution in [2.75, 3.05) is 6.61 Å². The van der Waals surface area contributed by atoms with Crippen LogP contribution in [0.2, 0.25) is 19.6 Å². The van der Waals surface area contributed by atoms with Crippen LogP contribution in [0, 0.1) is 5.92 Å². The van der Waals surface area contributed by atoms with E-state index in [2.05, 4.69) is 33.5 Å². The number of unbranched alkanes of at least 4 members (excludes halogenated alkanes) is 12. The van der Waals surface area contributed by atoms with Crippen molar-refractivity contribution in [3.05, 3.63) is 0 Å². The molecular formula is C22H48OSi. The third-order valence-electron chi connectivity index (χ3n) is 5.07. The highest BCUT2D eigenvalue weighted by Gasteiger charge is 2.12. The number of hydrogen-bond acceptors (Lipinski definition) is 1. The molecule has 0 N–H and O–H groups in total. The molecule has 0 rings (SSSR count). The van der Waals surface area contributed by atoms with E-state index in [-0.39, 0.29) is 0 Å². The smallest absolute Gasteiger partial charge is 0.183 e. The van der Waals surface area contributed by atoms with Crippen LogP contribution in [0.1, 0.15) is 110 Å². The van der Waals surface area contributed by atoms with E-state index in [1.165, 1.54) is 96.3 Å². The maximum Gasteiger partial charge on any atom is 0.183 e. The standard InChI is InChI=1S/C22H48OSi/c1-6-22(2)20-18-16-14-12-10-8-7-9-11-13-15-17-19-21-23-24(3,4)5/h22H,6-21H2,1-5H3. The predicted molar refractivity (Wildman–Crippen MR) is 113 cm³/mol. The van der Waals surface area contributed by atoms with Crippen molar-refractivity contribution >= 4 is 8.32 Å². The Hall–Kier alpha value is 0.177. The maximum absolute atomic E-state index is 5.89. The van der Waals surface area contributed by atoms with E-state index in [9.17, 15) is 0 Å². The topological polar surface area (TPSA) is 9.23 Å². The minimum Gasteiger partial charge on any atom is -0.418 e. The Morgan fingerprint density at radius 3 is 1.38 bits per heavy atom. The molecule has 0 saturated carbocycles. The maximum atomic E-state index is 5.89. The van der Waals surface area contributed by atoms with Gasteiger partial charge in [-0.25, -0.2) is 0 Å². The van der Waals surface area contributed by atoms with Crippen LogP contribution in [0.4, 0.5) is 0 Å². The molecular weight excluding hydrogens is 308 g/mol. The molecule has 0 bridgehead atoms. The fraction of sp³-hybridized carbons (Fsp3) is 1.00. The van der Waals surface area contributed by atoms with Crippen molar-refractivity contribution in [2.24, 2.45) is 5.92 Å². The predicted octanol–water partition coefficient (Wildman–Crippen LogP) is 8.35. The SMILES string of the molecule is CCC(C)CCCCCCCCCCCCCCCO[Si](C)(C)C. The van der Waals surface area contributed by atoms with Gasteiger partial charge in [-0.3, -0.25) is 0 Å². The molecule has 0 aliphatic heterocycles. The summed E-state index contributed by atoms with van der Waals surface area (Å²) in [6.07, 6.45) is 21.4. The minimum absolute atomic E-state index is 0.942. The lowest BCUT2D eigenvalue weighted by molar-refractivity contribution is 0.298. The highest BCUT2D eigenvalue weighted by Crippen LogP contribution is 2.15. The van der Waals surface area contributed by atoms with Crippen LogP contribution in [0.5, 0.6) is 0 Å². The van der Waals surface area contributed by atoms with E-state index in [1.54, 1.807) is 0 Å². The van der Waals surface area contributed by atoms with Crippen LogP contribution in [-0.2, 0) is 4.43 Å². The van der Waals surface area contributed by atoms with Crippen LogP contribution < -0.4 is 0 Å². The summed E-state index contributed by atoms with van der Waals surface area (Å²) >= 11 is 0. The van der Waals surface area contributed by atoms with E-state index in [0.29, 0.717) is 0 Å². The molecule has 0 aromatic heterocycles.